The molecule has 3 heterocycles. The minimum absolute atomic E-state index is 0.217. The molecule has 0 atom stereocenters. The van der Waals surface area contributed by atoms with Gasteiger partial charge < -0.3 is 18.9 Å². The predicted octanol–water partition coefficient (Wildman–Crippen LogP) is 5.33. The summed E-state index contributed by atoms with van der Waals surface area (Å²) in [6, 6.07) is 19.0. The second kappa shape index (κ2) is 9.45. The molecule has 0 spiro atoms. The summed E-state index contributed by atoms with van der Waals surface area (Å²) in [4.78, 5) is 9.26. The molecule has 0 radical (unpaired) electrons. The number of benzene rings is 3. The van der Waals surface area contributed by atoms with Crippen LogP contribution in [0.4, 0.5) is 0 Å². The third-order valence-corrected chi connectivity index (χ3v) is 6.02. The molecule has 0 unspecified atom stereocenters. The molecule has 2 aromatic heterocycles. The van der Waals surface area contributed by atoms with E-state index < -0.39 is 0 Å². The van der Waals surface area contributed by atoms with Crippen molar-refractivity contribution < 1.29 is 18.9 Å². The Morgan fingerprint density at radius 2 is 1.24 bits per heavy atom. The molecular formula is C31H20N2O4. The first-order chi connectivity index (χ1) is 18.2. The molecule has 0 saturated heterocycles. The number of rotatable bonds is 2. The number of nitrogens with zero attached hydrogens (tertiary/aromatic N) is 2. The summed E-state index contributed by atoms with van der Waals surface area (Å²) in [5.74, 6) is 16.0. The summed E-state index contributed by atoms with van der Waals surface area (Å²) in [5.41, 5.74) is 4.68. The fraction of sp³-hybridized carbons (Fsp3) is 0.0968. The number of hydrogen-bond acceptors (Lipinski definition) is 6. The van der Waals surface area contributed by atoms with Crippen molar-refractivity contribution in [1.29, 1.82) is 0 Å². The Kier molecular flexibility index (Phi) is 5.69. The van der Waals surface area contributed by atoms with Gasteiger partial charge in [0.2, 0.25) is 6.79 Å². The second-order valence-electron chi connectivity index (χ2n) is 8.22. The molecule has 6 heteroatoms. The van der Waals surface area contributed by atoms with E-state index in [4.69, 9.17) is 18.9 Å². The van der Waals surface area contributed by atoms with E-state index in [2.05, 4.69) is 33.6 Å². The van der Waals surface area contributed by atoms with Gasteiger partial charge in [-0.1, -0.05) is 23.7 Å². The van der Waals surface area contributed by atoms with Gasteiger partial charge in [-0.3, -0.25) is 9.97 Å². The predicted molar refractivity (Wildman–Crippen MR) is 141 cm³/mol. The topological polar surface area (TPSA) is 62.7 Å². The monoisotopic (exact) mass is 484 g/mol. The summed E-state index contributed by atoms with van der Waals surface area (Å²) < 4.78 is 21.8. The van der Waals surface area contributed by atoms with Crippen LogP contribution in [0.2, 0.25) is 0 Å². The maximum absolute atomic E-state index is 5.52. The number of pyridine rings is 2. The minimum Gasteiger partial charge on any atom is -0.497 e. The zero-order chi connectivity index (χ0) is 25.2. The lowest BCUT2D eigenvalue weighted by Crippen LogP contribution is -1.95. The molecule has 0 N–H and O–H groups in total. The molecule has 0 saturated carbocycles. The highest BCUT2D eigenvalue weighted by atomic mass is 16.7. The lowest BCUT2D eigenvalue weighted by Gasteiger charge is -2.09. The lowest BCUT2D eigenvalue weighted by molar-refractivity contribution is 0.174. The fourth-order valence-electron chi connectivity index (χ4n) is 4.24. The highest BCUT2D eigenvalue weighted by Gasteiger charge is 2.15. The number of ether oxygens (including phenoxy) is 4. The Morgan fingerprint density at radius 1 is 0.649 bits per heavy atom. The van der Waals surface area contributed by atoms with Crippen molar-refractivity contribution in [3.05, 3.63) is 95.3 Å². The van der Waals surface area contributed by atoms with Crippen molar-refractivity contribution in [2.75, 3.05) is 21.0 Å². The van der Waals surface area contributed by atoms with Crippen LogP contribution in [0.5, 0.6) is 23.0 Å². The average Bonchev–Trinajstić information content (AvgIpc) is 3.43. The van der Waals surface area contributed by atoms with Gasteiger partial charge in [0.25, 0.3) is 0 Å². The maximum Gasteiger partial charge on any atom is 0.231 e. The first kappa shape index (κ1) is 22.3. The van der Waals surface area contributed by atoms with Crippen LogP contribution in [0.1, 0.15) is 22.3 Å². The molecule has 37 heavy (non-hydrogen) atoms. The van der Waals surface area contributed by atoms with Crippen LogP contribution in [0, 0.1) is 23.7 Å². The van der Waals surface area contributed by atoms with Crippen molar-refractivity contribution in [2.24, 2.45) is 0 Å². The van der Waals surface area contributed by atoms with Gasteiger partial charge >= 0.3 is 0 Å². The molecule has 6 nitrogen and oxygen atoms in total. The van der Waals surface area contributed by atoms with Crippen molar-refractivity contribution in [2.45, 2.75) is 0 Å². The Balaban J connectivity index is 1.58. The Morgan fingerprint density at radius 3 is 1.86 bits per heavy atom. The van der Waals surface area contributed by atoms with E-state index in [-0.39, 0.29) is 6.79 Å². The molecule has 0 fully saturated rings. The molecule has 1 aliphatic rings. The lowest BCUT2D eigenvalue weighted by atomic mass is 9.96. The average molecular weight is 485 g/mol. The van der Waals surface area contributed by atoms with Crippen LogP contribution < -0.4 is 18.9 Å². The van der Waals surface area contributed by atoms with Gasteiger partial charge in [0.05, 0.1) is 36.4 Å². The molecule has 5 aromatic rings. The molecule has 0 bridgehead atoms. The van der Waals surface area contributed by atoms with E-state index in [0.29, 0.717) is 17.2 Å². The minimum atomic E-state index is 0.217. The van der Waals surface area contributed by atoms with E-state index in [1.54, 1.807) is 26.6 Å². The third-order valence-electron chi connectivity index (χ3n) is 6.02. The molecule has 3 aromatic carbocycles. The van der Waals surface area contributed by atoms with Gasteiger partial charge in [-0.15, -0.1) is 0 Å². The summed E-state index contributed by atoms with van der Waals surface area (Å²) >= 11 is 0. The van der Waals surface area contributed by atoms with Gasteiger partial charge in [-0.25, -0.2) is 0 Å². The van der Waals surface area contributed by atoms with Crippen molar-refractivity contribution in [1.82, 2.24) is 9.97 Å². The van der Waals surface area contributed by atoms with Crippen LogP contribution in [0.3, 0.4) is 0 Å². The number of fused-ring (bicyclic) bond motifs is 4. The molecule has 178 valence electrons. The SMILES string of the molecule is COc1cc(C#Cc2c(C#Cc3ccc4c(c3)OCO4)c3cccnc3c3ncccc23)cc(OC)c1. The quantitative estimate of drug-likeness (QED) is 0.249. The summed E-state index contributed by atoms with van der Waals surface area (Å²) in [5, 5.41) is 1.76. The third kappa shape index (κ3) is 4.22. The van der Waals surface area contributed by atoms with E-state index in [0.717, 1.165) is 49.8 Å². The number of aromatic nitrogens is 2. The molecule has 6 rings (SSSR count). The molecule has 1 aliphatic heterocycles. The smallest absolute Gasteiger partial charge is 0.231 e. The standard InChI is InChI=1S/C31H20N2O4/c1-34-22-15-21(16-23(18-22)35-2)8-11-25-24(10-7-20-9-12-28-29(17-20)37-19-36-28)26-5-3-13-32-30(26)31-27(25)6-4-14-33-31/h3-6,9,12-18H,19H2,1-2H3. The molecule has 0 aliphatic carbocycles. The summed E-state index contributed by atoms with van der Waals surface area (Å²) in [6.45, 7) is 0.217. The largest absolute Gasteiger partial charge is 0.497 e. The summed E-state index contributed by atoms with van der Waals surface area (Å²) in [7, 11) is 3.23. The first-order valence-electron chi connectivity index (χ1n) is 11.6. The Hall–Kier alpha value is -5.20. The maximum atomic E-state index is 5.52. The Bertz CT molecular complexity index is 1780. The van der Waals surface area contributed by atoms with Gasteiger partial charge in [-0.2, -0.15) is 0 Å². The fourth-order valence-corrected chi connectivity index (χ4v) is 4.24. The highest BCUT2D eigenvalue weighted by Crippen LogP contribution is 2.33. The van der Waals surface area contributed by atoms with Crippen LogP contribution in [-0.4, -0.2) is 31.0 Å². The first-order valence-corrected chi connectivity index (χ1v) is 11.6. The van der Waals surface area contributed by atoms with Crippen LogP contribution in [-0.2, 0) is 0 Å². The van der Waals surface area contributed by atoms with E-state index in [1.807, 2.05) is 60.7 Å². The Labute approximate surface area is 213 Å². The number of hydrogen-bond donors (Lipinski definition) is 0. The van der Waals surface area contributed by atoms with Crippen LogP contribution >= 0.6 is 0 Å². The second-order valence-corrected chi connectivity index (χ2v) is 8.22. The van der Waals surface area contributed by atoms with E-state index in [1.165, 1.54) is 0 Å². The van der Waals surface area contributed by atoms with Crippen molar-refractivity contribution in [3.8, 4) is 46.7 Å². The summed E-state index contributed by atoms with van der Waals surface area (Å²) in [6.07, 6.45) is 3.53. The highest BCUT2D eigenvalue weighted by molar-refractivity contribution is 6.09. The van der Waals surface area contributed by atoms with Gasteiger partial charge in [-0.05, 0) is 54.6 Å². The van der Waals surface area contributed by atoms with Gasteiger partial charge in [0, 0.05) is 40.4 Å². The van der Waals surface area contributed by atoms with Gasteiger partial charge in [0.1, 0.15) is 11.5 Å². The van der Waals surface area contributed by atoms with Crippen LogP contribution in [0.25, 0.3) is 21.8 Å². The molecular weight excluding hydrogens is 464 g/mol. The number of methoxy groups -OCH3 is 2. The molecule has 0 amide bonds. The van der Waals surface area contributed by atoms with Gasteiger partial charge in [0.15, 0.2) is 11.5 Å². The van der Waals surface area contributed by atoms with Crippen molar-refractivity contribution in [3.63, 3.8) is 0 Å². The zero-order valence-corrected chi connectivity index (χ0v) is 20.2. The van der Waals surface area contributed by atoms with Crippen LogP contribution in [0.15, 0.2) is 73.1 Å². The van der Waals surface area contributed by atoms with E-state index in [9.17, 15) is 0 Å². The normalized spacial score (nSPS) is 11.4. The van der Waals surface area contributed by atoms with E-state index >= 15 is 0 Å². The van der Waals surface area contributed by atoms with Crippen molar-refractivity contribution >= 4 is 21.8 Å². The zero-order valence-electron chi connectivity index (χ0n) is 20.2.